The molecule has 0 atom stereocenters. The van der Waals surface area contributed by atoms with Gasteiger partial charge in [-0.3, -0.25) is 4.90 Å². The summed E-state index contributed by atoms with van der Waals surface area (Å²) < 4.78 is 0. The van der Waals surface area contributed by atoms with Gasteiger partial charge in [-0.15, -0.1) is 11.3 Å². The van der Waals surface area contributed by atoms with Crippen molar-refractivity contribution >= 4 is 16.9 Å². The molecule has 120 valence electrons. The maximum Gasteiger partial charge on any atom is 0.138 e. The highest BCUT2D eigenvalue weighted by atomic mass is 32.1. The second kappa shape index (κ2) is 8.47. The van der Waals surface area contributed by atoms with Crippen LogP contribution in [-0.4, -0.2) is 35.1 Å². The maximum atomic E-state index is 10.3. The van der Waals surface area contributed by atoms with E-state index in [0.717, 1.165) is 30.6 Å². The molecule has 1 heterocycles. The van der Waals surface area contributed by atoms with Crippen LogP contribution >= 0.6 is 11.3 Å². The number of aromatic nitrogens is 1. The van der Waals surface area contributed by atoms with Crippen LogP contribution in [0.5, 0.6) is 0 Å². The number of thiazole rings is 1. The second-order valence-corrected chi connectivity index (χ2v) is 6.29. The third-order valence-electron chi connectivity index (χ3n) is 3.50. The molecule has 0 aliphatic heterocycles. The van der Waals surface area contributed by atoms with Crippen molar-refractivity contribution in [2.75, 3.05) is 20.1 Å². The average Bonchev–Trinajstić information content (AvgIpc) is 3.04. The summed E-state index contributed by atoms with van der Waals surface area (Å²) in [7, 11) is 1.94. The molecule has 0 aliphatic rings. The van der Waals surface area contributed by atoms with Crippen molar-refractivity contribution in [1.29, 1.82) is 5.26 Å². The number of nitrogens with zero attached hydrogens (tertiary/aromatic N) is 3. The van der Waals surface area contributed by atoms with Gasteiger partial charge in [-0.1, -0.05) is 43.7 Å². The number of aliphatic hydroxyl groups excluding tert-OH is 1. The van der Waals surface area contributed by atoms with Gasteiger partial charge in [-0.25, -0.2) is 4.98 Å². The Labute approximate surface area is 141 Å². The number of hydrogen-bond donors (Lipinski definition) is 1. The summed E-state index contributed by atoms with van der Waals surface area (Å²) in [5, 5.41) is 22.2. The number of unbranched alkanes of at least 4 members (excludes halogenated alkanes) is 1. The van der Waals surface area contributed by atoms with Crippen LogP contribution in [-0.2, 0) is 0 Å². The lowest BCUT2D eigenvalue weighted by Gasteiger charge is -2.15. The summed E-state index contributed by atoms with van der Waals surface area (Å²) in [6.45, 7) is 3.39. The van der Waals surface area contributed by atoms with Crippen LogP contribution in [0.1, 0.15) is 24.8 Å². The molecule has 0 amide bonds. The Morgan fingerprint density at radius 1 is 1.35 bits per heavy atom. The van der Waals surface area contributed by atoms with Gasteiger partial charge in [0.25, 0.3) is 0 Å². The molecule has 0 fully saturated rings. The van der Waals surface area contributed by atoms with Crippen molar-refractivity contribution in [3.8, 4) is 17.3 Å². The summed E-state index contributed by atoms with van der Waals surface area (Å²) >= 11 is 1.38. The number of aliphatic hydroxyl groups is 1. The largest absolute Gasteiger partial charge is 0.509 e. The van der Waals surface area contributed by atoms with Crippen LogP contribution in [0.3, 0.4) is 0 Å². The molecule has 0 bridgehead atoms. The van der Waals surface area contributed by atoms with Crippen LogP contribution < -0.4 is 0 Å². The molecule has 0 spiro atoms. The van der Waals surface area contributed by atoms with Gasteiger partial charge in [-0.2, -0.15) is 5.26 Å². The predicted octanol–water partition coefficient (Wildman–Crippen LogP) is 4.33. The molecule has 0 unspecified atom stereocenters. The van der Waals surface area contributed by atoms with Gasteiger partial charge in [-0.05, 0) is 20.0 Å². The van der Waals surface area contributed by atoms with Crippen molar-refractivity contribution in [3.05, 3.63) is 46.5 Å². The molecule has 0 saturated carbocycles. The van der Waals surface area contributed by atoms with E-state index in [2.05, 4.69) is 18.0 Å². The smallest absolute Gasteiger partial charge is 0.138 e. The number of allylic oxidation sites excluding steroid dienone is 1. The van der Waals surface area contributed by atoms with E-state index in [1.165, 1.54) is 11.3 Å². The van der Waals surface area contributed by atoms with Gasteiger partial charge in [0.15, 0.2) is 0 Å². The Kier molecular flexibility index (Phi) is 6.33. The van der Waals surface area contributed by atoms with Crippen molar-refractivity contribution in [1.82, 2.24) is 9.88 Å². The van der Waals surface area contributed by atoms with Crippen LogP contribution in [0, 0.1) is 11.3 Å². The minimum absolute atomic E-state index is 0.0834. The van der Waals surface area contributed by atoms with Gasteiger partial charge in [0, 0.05) is 10.9 Å². The lowest BCUT2D eigenvalue weighted by Crippen LogP contribution is -2.22. The molecule has 4 nitrogen and oxygen atoms in total. The molecular formula is C18H21N3OS. The minimum Gasteiger partial charge on any atom is -0.509 e. The number of nitriles is 1. The second-order valence-electron chi connectivity index (χ2n) is 5.43. The first kappa shape index (κ1) is 17.2. The lowest BCUT2D eigenvalue weighted by molar-refractivity contribution is 0.288. The van der Waals surface area contributed by atoms with Gasteiger partial charge >= 0.3 is 0 Å². The van der Waals surface area contributed by atoms with E-state index in [-0.39, 0.29) is 11.3 Å². The van der Waals surface area contributed by atoms with Crippen LogP contribution in [0.4, 0.5) is 0 Å². The fraction of sp³-hybridized carbons (Fsp3) is 0.333. The molecule has 0 saturated heterocycles. The minimum atomic E-state index is 0.0834. The van der Waals surface area contributed by atoms with E-state index in [0.29, 0.717) is 11.6 Å². The summed E-state index contributed by atoms with van der Waals surface area (Å²) in [6.07, 6.45) is 2.17. The summed E-state index contributed by atoms with van der Waals surface area (Å²) in [5.41, 5.74) is 2.10. The Bertz CT molecular complexity index is 701. The molecule has 0 radical (unpaired) electrons. The molecular weight excluding hydrogens is 306 g/mol. The van der Waals surface area contributed by atoms with E-state index in [1.807, 2.05) is 47.7 Å². The summed E-state index contributed by atoms with van der Waals surface area (Å²) in [5.74, 6) is 0.0834. The zero-order chi connectivity index (χ0) is 16.7. The zero-order valence-electron chi connectivity index (χ0n) is 13.5. The van der Waals surface area contributed by atoms with Crippen molar-refractivity contribution in [2.45, 2.75) is 19.8 Å². The number of likely N-dealkylation sites (N-methyl/N-ethyl adjacent to an activating group) is 1. The van der Waals surface area contributed by atoms with Crippen molar-refractivity contribution in [2.24, 2.45) is 0 Å². The SMILES string of the molecule is CCCCN(C)C/C(O)=C(\C#N)c1nc(-c2ccccc2)cs1. The molecule has 23 heavy (non-hydrogen) atoms. The first-order chi connectivity index (χ1) is 11.2. The highest BCUT2D eigenvalue weighted by molar-refractivity contribution is 7.11. The zero-order valence-corrected chi connectivity index (χ0v) is 14.3. The first-order valence-electron chi connectivity index (χ1n) is 7.67. The quantitative estimate of drug-likeness (QED) is 0.607. The fourth-order valence-corrected chi connectivity index (χ4v) is 3.05. The fourth-order valence-electron chi connectivity index (χ4n) is 2.21. The molecule has 2 aromatic rings. The van der Waals surface area contributed by atoms with Crippen LogP contribution in [0.25, 0.3) is 16.8 Å². The Morgan fingerprint density at radius 3 is 2.74 bits per heavy atom. The molecule has 0 aliphatic carbocycles. The Morgan fingerprint density at radius 2 is 2.09 bits per heavy atom. The monoisotopic (exact) mass is 327 g/mol. The topological polar surface area (TPSA) is 60.1 Å². The number of rotatable bonds is 7. The highest BCUT2D eigenvalue weighted by Gasteiger charge is 2.15. The van der Waals surface area contributed by atoms with Crippen LogP contribution in [0.2, 0.25) is 0 Å². The molecule has 2 rings (SSSR count). The van der Waals surface area contributed by atoms with E-state index in [9.17, 15) is 10.4 Å². The molecule has 1 aromatic heterocycles. The summed E-state index contributed by atoms with van der Waals surface area (Å²) in [6, 6.07) is 11.9. The molecule has 1 aromatic carbocycles. The number of benzene rings is 1. The lowest BCUT2D eigenvalue weighted by atomic mass is 10.2. The van der Waals surface area contributed by atoms with Gasteiger partial charge < -0.3 is 5.11 Å². The summed E-state index contributed by atoms with van der Waals surface area (Å²) in [4.78, 5) is 6.52. The third-order valence-corrected chi connectivity index (χ3v) is 4.36. The Balaban J connectivity index is 2.19. The first-order valence-corrected chi connectivity index (χ1v) is 8.55. The van der Waals surface area contributed by atoms with Gasteiger partial charge in [0.05, 0.1) is 12.2 Å². The van der Waals surface area contributed by atoms with Crippen molar-refractivity contribution in [3.63, 3.8) is 0 Å². The Hall–Kier alpha value is -2.16. The average molecular weight is 327 g/mol. The van der Waals surface area contributed by atoms with E-state index in [1.54, 1.807) is 0 Å². The highest BCUT2D eigenvalue weighted by Crippen LogP contribution is 2.27. The van der Waals surface area contributed by atoms with E-state index in [4.69, 9.17) is 0 Å². The van der Waals surface area contributed by atoms with Gasteiger partial charge in [0.2, 0.25) is 0 Å². The van der Waals surface area contributed by atoms with Crippen LogP contribution in [0.15, 0.2) is 41.5 Å². The van der Waals surface area contributed by atoms with E-state index >= 15 is 0 Å². The molecule has 5 heteroatoms. The normalized spacial score (nSPS) is 12.1. The van der Waals surface area contributed by atoms with E-state index < -0.39 is 0 Å². The predicted molar refractivity (Wildman–Crippen MR) is 95.1 cm³/mol. The standard InChI is InChI=1S/C18H21N3OS/c1-3-4-10-21(2)12-17(22)15(11-19)18-20-16(13-23-18)14-8-6-5-7-9-14/h5-9,13,22H,3-4,10,12H2,1-2H3/b17-15-. The third kappa shape index (κ3) is 4.65. The molecule has 1 N–H and O–H groups in total. The number of hydrogen-bond acceptors (Lipinski definition) is 5. The van der Waals surface area contributed by atoms with Gasteiger partial charge in [0.1, 0.15) is 22.4 Å². The maximum absolute atomic E-state index is 10.3. The van der Waals surface area contributed by atoms with Crippen molar-refractivity contribution < 1.29 is 5.11 Å².